The van der Waals surface area contributed by atoms with Gasteiger partial charge in [-0.05, 0) is 31.0 Å². The smallest absolute Gasteiger partial charge is 0.244 e. The van der Waals surface area contributed by atoms with Crippen LogP contribution in [0.2, 0.25) is 0 Å². The maximum Gasteiger partial charge on any atom is 0.244 e. The first-order valence-electron chi connectivity index (χ1n) is 7.70. The van der Waals surface area contributed by atoms with E-state index in [4.69, 9.17) is 9.47 Å². The Morgan fingerprint density at radius 2 is 2.39 bits per heavy atom. The molecule has 1 atom stereocenters. The molecule has 6 nitrogen and oxygen atoms in total. The first kappa shape index (κ1) is 15.6. The molecule has 1 aliphatic rings. The third-order valence-corrected chi connectivity index (χ3v) is 3.99. The lowest BCUT2D eigenvalue weighted by Crippen LogP contribution is -2.21. The Labute approximate surface area is 135 Å². The van der Waals surface area contributed by atoms with Crippen molar-refractivity contribution in [1.29, 1.82) is 0 Å². The van der Waals surface area contributed by atoms with E-state index in [9.17, 15) is 4.79 Å². The van der Waals surface area contributed by atoms with Crippen LogP contribution in [0, 0.1) is 6.92 Å². The standard InChI is InChI=1S/C17H21N3O3/c1-12-3-4-15(22-2)14(9-12)19-16(21)10-20-7-6-18-17(20)13-5-8-23-11-13/h3-4,6-7,9,13H,5,8,10-11H2,1-2H3,(H,19,21). The van der Waals surface area contributed by atoms with Crippen LogP contribution in [-0.2, 0) is 16.1 Å². The molecule has 0 spiro atoms. The average Bonchev–Trinajstić information content (AvgIpc) is 3.18. The molecule has 1 amide bonds. The van der Waals surface area contributed by atoms with E-state index in [1.807, 2.05) is 35.9 Å². The van der Waals surface area contributed by atoms with Crippen molar-refractivity contribution in [1.82, 2.24) is 9.55 Å². The number of hydrogen-bond acceptors (Lipinski definition) is 4. The zero-order valence-electron chi connectivity index (χ0n) is 13.4. The van der Waals surface area contributed by atoms with Gasteiger partial charge in [0.2, 0.25) is 5.91 Å². The van der Waals surface area contributed by atoms with Crippen LogP contribution >= 0.6 is 0 Å². The van der Waals surface area contributed by atoms with Gasteiger partial charge in [-0.15, -0.1) is 0 Å². The summed E-state index contributed by atoms with van der Waals surface area (Å²) in [6.45, 7) is 3.63. The number of anilines is 1. The van der Waals surface area contributed by atoms with Gasteiger partial charge in [-0.1, -0.05) is 6.07 Å². The molecular formula is C17H21N3O3. The van der Waals surface area contributed by atoms with Crippen LogP contribution in [0.25, 0.3) is 0 Å². The maximum absolute atomic E-state index is 12.4. The molecule has 2 aromatic rings. The monoisotopic (exact) mass is 315 g/mol. The topological polar surface area (TPSA) is 65.4 Å². The summed E-state index contributed by atoms with van der Waals surface area (Å²) in [5.41, 5.74) is 1.75. The van der Waals surface area contributed by atoms with Gasteiger partial charge in [-0.3, -0.25) is 4.79 Å². The lowest BCUT2D eigenvalue weighted by Gasteiger charge is -2.14. The number of imidazole rings is 1. The van der Waals surface area contributed by atoms with Crippen molar-refractivity contribution in [2.75, 3.05) is 25.6 Å². The molecule has 2 heterocycles. The van der Waals surface area contributed by atoms with Crippen molar-refractivity contribution < 1.29 is 14.3 Å². The zero-order valence-corrected chi connectivity index (χ0v) is 13.4. The third kappa shape index (κ3) is 3.53. The predicted molar refractivity (Wildman–Crippen MR) is 86.8 cm³/mol. The summed E-state index contributed by atoms with van der Waals surface area (Å²) in [5, 5.41) is 2.91. The number of hydrogen-bond donors (Lipinski definition) is 1. The summed E-state index contributed by atoms with van der Waals surface area (Å²) >= 11 is 0. The fourth-order valence-corrected chi connectivity index (χ4v) is 2.82. The number of aryl methyl sites for hydroxylation is 1. The van der Waals surface area contributed by atoms with Crippen LogP contribution in [0.4, 0.5) is 5.69 Å². The summed E-state index contributed by atoms with van der Waals surface area (Å²) in [6.07, 6.45) is 4.51. The van der Waals surface area contributed by atoms with E-state index < -0.39 is 0 Å². The number of carbonyl (C=O) groups excluding carboxylic acids is 1. The summed E-state index contributed by atoms with van der Waals surface area (Å²) in [4.78, 5) is 16.8. The predicted octanol–water partition coefficient (Wildman–Crippen LogP) is 2.34. The van der Waals surface area contributed by atoms with E-state index in [0.717, 1.165) is 24.4 Å². The molecule has 122 valence electrons. The summed E-state index contributed by atoms with van der Waals surface area (Å²) in [7, 11) is 1.59. The Hall–Kier alpha value is -2.34. The summed E-state index contributed by atoms with van der Waals surface area (Å²) < 4.78 is 12.6. The molecule has 1 aliphatic heterocycles. The molecule has 23 heavy (non-hydrogen) atoms. The molecule has 1 N–H and O–H groups in total. The van der Waals surface area contributed by atoms with Crippen LogP contribution < -0.4 is 10.1 Å². The van der Waals surface area contributed by atoms with Crippen LogP contribution in [0.5, 0.6) is 5.75 Å². The number of methoxy groups -OCH3 is 1. The minimum atomic E-state index is -0.105. The van der Waals surface area contributed by atoms with Gasteiger partial charge in [0.15, 0.2) is 0 Å². The Bertz CT molecular complexity index is 690. The fourth-order valence-electron chi connectivity index (χ4n) is 2.82. The molecule has 3 rings (SSSR count). The third-order valence-electron chi connectivity index (χ3n) is 3.99. The number of amides is 1. The van der Waals surface area contributed by atoms with Gasteiger partial charge in [-0.25, -0.2) is 4.98 Å². The Morgan fingerprint density at radius 1 is 1.52 bits per heavy atom. The Morgan fingerprint density at radius 3 is 3.13 bits per heavy atom. The highest BCUT2D eigenvalue weighted by molar-refractivity contribution is 5.92. The van der Waals surface area contributed by atoms with E-state index in [-0.39, 0.29) is 18.4 Å². The van der Waals surface area contributed by atoms with Crippen molar-refractivity contribution >= 4 is 11.6 Å². The molecule has 6 heteroatoms. The van der Waals surface area contributed by atoms with Crippen molar-refractivity contribution in [3.05, 3.63) is 42.0 Å². The van der Waals surface area contributed by atoms with E-state index in [1.165, 1.54) is 0 Å². The zero-order chi connectivity index (χ0) is 16.2. The minimum Gasteiger partial charge on any atom is -0.495 e. The second kappa shape index (κ2) is 6.83. The molecule has 0 radical (unpaired) electrons. The highest BCUT2D eigenvalue weighted by atomic mass is 16.5. The van der Waals surface area contributed by atoms with E-state index in [1.54, 1.807) is 13.3 Å². The first-order chi connectivity index (χ1) is 11.2. The van der Waals surface area contributed by atoms with E-state index in [0.29, 0.717) is 18.0 Å². The SMILES string of the molecule is COc1ccc(C)cc1NC(=O)Cn1ccnc1C1CCOC1. The van der Waals surface area contributed by atoms with E-state index >= 15 is 0 Å². The van der Waals surface area contributed by atoms with Gasteiger partial charge < -0.3 is 19.4 Å². The van der Waals surface area contributed by atoms with Crippen molar-refractivity contribution in [3.63, 3.8) is 0 Å². The number of aromatic nitrogens is 2. The van der Waals surface area contributed by atoms with Crippen LogP contribution in [0.15, 0.2) is 30.6 Å². The van der Waals surface area contributed by atoms with Crippen molar-refractivity contribution in [2.45, 2.75) is 25.8 Å². The van der Waals surface area contributed by atoms with E-state index in [2.05, 4.69) is 10.3 Å². The number of ether oxygens (including phenoxy) is 2. The molecule has 1 saturated heterocycles. The number of benzene rings is 1. The number of nitrogens with zero attached hydrogens (tertiary/aromatic N) is 2. The van der Waals surface area contributed by atoms with Gasteiger partial charge in [0.1, 0.15) is 18.1 Å². The second-order valence-corrected chi connectivity index (χ2v) is 5.73. The van der Waals surface area contributed by atoms with Gasteiger partial charge in [-0.2, -0.15) is 0 Å². The first-order valence-corrected chi connectivity index (χ1v) is 7.70. The molecule has 0 saturated carbocycles. The molecule has 1 fully saturated rings. The molecule has 0 bridgehead atoms. The second-order valence-electron chi connectivity index (χ2n) is 5.73. The van der Waals surface area contributed by atoms with Crippen LogP contribution in [0.3, 0.4) is 0 Å². The quantitative estimate of drug-likeness (QED) is 0.920. The Kier molecular flexibility index (Phi) is 4.62. The minimum absolute atomic E-state index is 0.105. The molecule has 0 aliphatic carbocycles. The van der Waals surface area contributed by atoms with Gasteiger partial charge >= 0.3 is 0 Å². The highest BCUT2D eigenvalue weighted by Crippen LogP contribution is 2.26. The van der Waals surface area contributed by atoms with Gasteiger partial charge in [0, 0.05) is 24.9 Å². The molecular weight excluding hydrogens is 294 g/mol. The van der Waals surface area contributed by atoms with Crippen LogP contribution in [-0.4, -0.2) is 35.8 Å². The van der Waals surface area contributed by atoms with Crippen molar-refractivity contribution in [2.24, 2.45) is 0 Å². The number of carbonyl (C=O) groups is 1. The summed E-state index contributed by atoms with van der Waals surface area (Å²) in [5.74, 6) is 1.73. The fraction of sp³-hybridized carbons (Fsp3) is 0.412. The Balaban J connectivity index is 1.71. The number of nitrogens with one attached hydrogen (secondary N) is 1. The van der Waals surface area contributed by atoms with Gasteiger partial charge in [0.25, 0.3) is 0 Å². The number of rotatable bonds is 5. The maximum atomic E-state index is 12.4. The largest absolute Gasteiger partial charge is 0.495 e. The normalized spacial score (nSPS) is 17.2. The lowest BCUT2D eigenvalue weighted by atomic mass is 10.1. The van der Waals surface area contributed by atoms with Crippen LogP contribution in [0.1, 0.15) is 23.7 Å². The van der Waals surface area contributed by atoms with Gasteiger partial charge in [0.05, 0.1) is 19.4 Å². The summed E-state index contributed by atoms with van der Waals surface area (Å²) in [6, 6.07) is 5.70. The van der Waals surface area contributed by atoms with Crippen molar-refractivity contribution in [3.8, 4) is 5.75 Å². The average molecular weight is 315 g/mol. The molecule has 1 unspecified atom stereocenters. The highest BCUT2D eigenvalue weighted by Gasteiger charge is 2.23. The lowest BCUT2D eigenvalue weighted by molar-refractivity contribution is -0.116. The molecule has 1 aromatic carbocycles. The molecule has 1 aromatic heterocycles.